The lowest BCUT2D eigenvalue weighted by atomic mass is 10.3. The van der Waals surface area contributed by atoms with Crippen molar-refractivity contribution in [3.63, 3.8) is 0 Å². The molecule has 1 rings (SSSR count). The fourth-order valence-corrected chi connectivity index (χ4v) is 1.94. The van der Waals surface area contributed by atoms with Crippen molar-refractivity contribution in [2.45, 2.75) is 32.6 Å². The Bertz CT molecular complexity index is 321. The van der Waals surface area contributed by atoms with E-state index in [1.54, 1.807) is 6.92 Å². The molecular weight excluding hydrogens is 246 g/mol. The molecule has 108 valence electrons. The highest BCUT2D eigenvalue weighted by molar-refractivity contribution is 5.87. The predicted octanol–water partition coefficient (Wildman–Crippen LogP) is 1.52. The molecule has 0 aromatic heterocycles. The molecule has 0 atom stereocenters. The van der Waals surface area contributed by atoms with Crippen LogP contribution < -0.4 is 0 Å². The monoisotopic (exact) mass is 269 g/mol. The minimum Gasteiger partial charge on any atom is -0.463 e. The molecule has 0 bridgehead atoms. The number of likely N-dealkylation sites (tertiary alicyclic amines) is 1. The van der Waals surface area contributed by atoms with Crippen LogP contribution in [0.3, 0.4) is 0 Å². The number of hydrogen-bond donors (Lipinski definition) is 0. The van der Waals surface area contributed by atoms with Crippen LogP contribution >= 0.6 is 0 Å². The van der Waals surface area contributed by atoms with E-state index in [-0.39, 0.29) is 12.5 Å². The summed E-state index contributed by atoms with van der Waals surface area (Å²) in [6.45, 7) is 8.07. The van der Waals surface area contributed by atoms with Gasteiger partial charge in [-0.05, 0) is 26.2 Å². The lowest BCUT2D eigenvalue weighted by Gasteiger charge is -2.14. The first-order valence-electron chi connectivity index (χ1n) is 6.85. The van der Waals surface area contributed by atoms with Crippen LogP contribution in [0.5, 0.6) is 0 Å². The molecule has 1 amide bonds. The molecule has 1 fully saturated rings. The number of amides is 1. The van der Waals surface area contributed by atoms with E-state index in [1.165, 1.54) is 0 Å². The molecule has 5 nitrogen and oxygen atoms in total. The van der Waals surface area contributed by atoms with Crippen LogP contribution in [-0.2, 0) is 19.1 Å². The fourth-order valence-electron chi connectivity index (χ4n) is 1.94. The quantitative estimate of drug-likeness (QED) is 0.381. The van der Waals surface area contributed by atoms with Gasteiger partial charge in [0.2, 0.25) is 5.91 Å². The van der Waals surface area contributed by atoms with E-state index in [0.717, 1.165) is 25.9 Å². The summed E-state index contributed by atoms with van der Waals surface area (Å²) in [5.74, 6) is -0.221. The average Bonchev–Trinajstić information content (AvgIpc) is 2.92. The highest BCUT2D eigenvalue weighted by atomic mass is 16.5. The van der Waals surface area contributed by atoms with E-state index in [4.69, 9.17) is 9.47 Å². The largest absolute Gasteiger partial charge is 0.463 e. The molecule has 5 heteroatoms. The van der Waals surface area contributed by atoms with Crippen molar-refractivity contribution in [3.05, 3.63) is 12.2 Å². The van der Waals surface area contributed by atoms with Crippen LogP contribution in [0.15, 0.2) is 12.2 Å². The Labute approximate surface area is 114 Å². The number of hydrogen-bond acceptors (Lipinski definition) is 4. The van der Waals surface area contributed by atoms with Gasteiger partial charge in [0.15, 0.2) is 0 Å². The van der Waals surface area contributed by atoms with Gasteiger partial charge in [-0.3, -0.25) is 4.79 Å². The number of rotatable bonds is 8. The molecule has 0 radical (unpaired) electrons. The molecule has 0 N–H and O–H groups in total. The maximum absolute atomic E-state index is 11.7. The van der Waals surface area contributed by atoms with Crippen LogP contribution in [0.1, 0.15) is 32.6 Å². The van der Waals surface area contributed by atoms with E-state index in [9.17, 15) is 9.59 Å². The Morgan fingerprint density at radius 3 is 2.58 bits per heavy atom. The summed E-state index contributed by atoms with van der Waals surface area (Å²) in [7, 11) is 0. The molecule has 0 unspecified atom stereocenters. The lowest BCUT2D eigenvalue weighted by molar-refractivity contribution is -0.139. The Hall–Kier alpha value is -1.36. The highest BCUT2D eigenvalue weighted by Crippen LogP contribution is 2.09. The standard InChI is InChI=1S/C14H23NO4/c1-3-19-14(17)12(2)11-18-10-6-7-13(16)15-8-4-5-9-15/h2-11H2,1H3. The van der Waals surface area contributed by atoms with Crippen LogP contribution in [0.2, 0.25) is 0 Å². The predicted molar refractivity (Wildman–Crippen MR) is 71.6 cm³/mol. The second-order valence-corrected chi connectivity index (χ2v) is 4.57. The minimum absolute atomic E-state index is 0.163. The summed E-state index contributed by atoms with van der Waals surface area (Å²) in [5.41, 5.74) is 0.313. The van der Waals surface area contributed by atoms with Crippen molar-refractivity contribution >= 4 is 11.9 Å². The summed E-state index contributed by atoms with van der Waals surface area (Å²) in [6.07, 6.45) is 3.40. The van der Waals surface area contributed by atoms with Gasteiger partial charge in [0.05, 0.1) is 18.8 Å². The first kappa shape index (κ1) is 15.7. The summed E-state index contributed by atoms with van der Waals surface area (Å²) in [4.78, 5) is 24.8. The summed E-state index contributed by atoms with van der Waals surface area (Å²) in [6, 6.07) is 0. The van der Waals surface area contributed by atoms with Gasteiger partial charge in [-0.2, -0.15) is 0 Å². The van der Waals surface area contributed by atoms with Crippen LogP contribution in [0.4, 0.5) is 0 Å². The molecular formula is C14H23NO4. The van der Waals surface area contributed by atoms with Crippen molar-refractivity contribution in [1.29, 1.82) is 0 Å². The fraction of sp³-hybridized carbons (Fsp3) is 0.714. The average molecular weight is 269 g/mol. The zero-order valence-corrected chi connectivity index (χ0v) is 11.7. The molecule has 1 saturated heterocycles. The normalized spacial score (nSPS) is 14.5. The van der Waals surface area contributed by atoms with Crippen LogP contribution in [0, 0.1) is 0 Å². The number of carbonyl (C=O) groups excluding carboxylic acids is 2. The number of carbonyl (C=O) groups is 2. The molecule has 1 aliphatic heterocycles. The molecule has 0 aromatic rings. The van der Waals surface area contributed by atoms with E-state index in [1.807, 2.05) is 4.90 Å². The zero-order valence-electron chi connectivity index (χ0n) is 11.7. The summed E-state index contributed by atoms with van der Waals surface area (Å²) in [5, 5.41) is 0. The van der Waals surface area contributed by atoms with E-state index in [0.29, 0.717) is 31.6 Å². The molecule has 0 spiro atoms. The Morgan fingerprint density at radius 2 is 1.95 bits per heavy atom. The molecule has 19 heavy (non-hydrogen) atoms. The van der Waals surface area contributed by atoms with Crippen LogP contribution in [-0.4, -0.2) is 49.7 Å². The van der Waals surface area contributed by atoms with Crippen molar-refractivity contribution in [3.8, 4) is 0 Å². The summed E-state index contributed by atoms with van der Waals surface area (Å²) < 4.78 is 10.1. The zero-order chi connectivity index (χ0) is 14.1. The second kappa shape index (κ2) is 8.69. The maximum Gasteiger partial charge on any atom is 0.335 e. The smallest absolute Gasteiger partial charge is 0.335 e. The van der Waals surface area contributed by atoms with Crippen molar-refractivity contribution in [2.75, 3.05) is 32.9 Å². The van der Waals surface area contributed by atoms with Gasteiger partial charge in [-0.25, -0.2) is 4.79 Å². The number of ether oxygens (including phenoxy) is 2. The van der Waals surface area contributed by atoms with Gasteiger partial charge in [0, 0.05) is 26.1 Å². The van der Waals surface area contributed by atoms with Gasteiger partial charge in [0.25, 0.3) is 0 Å². The first-order valence-corrected chi connectivity index (χ1v) is 6.85. The molecule has 1 aliphatic rings. The summed E-state index contributed by atoms with van der Waals surface area (Å²) >= 11 is 0. The third-order valence-corrected chi connectivity index (χ3v) is 2.98. The van der Waals surface area contributed by atoms with Gasteiger partial charge >= 0.3 is 5.97 Å². The third kappa shape index (κ3) is 5.87. The second-order valence-electron chi connectivity index (χ2n) is 4.57. The Kier molecular flexibility index (Phi) is 7.18. The Morgan fingerprint density at radius 1 is 1.26 bits per heavy atom. The topological polar surface area (TPSA) is 55.8 Å². The highest BCUT2D eigenvalue weighted by Gasteiger charge is 2.17. The van der Waals surface area contributed by atoms with Crippen molar-refractivity contribution < 1.29 is 19.1 Å². The SMILES string of the molecule is C=C(COCCCC(=O)N1CCCC1)C(=O)OCC. The van der Waals surface area contributed by atoms with Crippen molar-refractivity contribution in [2.24, 2.45) is 0 Å². The number of nitrogens with zero attached hydrogens (tertiary/aromatic N) is 1. The van der Waals surface area contributed by atoms with E-state index in [2.05, 4.69) is 6.58 Å². The maximum atomic E-state index is 11.7. The first-order chi connectivity index (χ1) is 9.15. The van der Waals surface area contributed by atoms with E-state index < -0.39 is 5.97 Å². The molecule has 0 saturated carbocycles. The van der Waals surface area contributed by atoms with Crippen molar-refractivity contribution in [1.82, 2.24) is 4.90 Å². The molecule has 1 heterocycles. The van der Waals surface area contributed by atoms with Gasteiger partial charge in [-0.15, -0.1) is 0 Å². The van der Waals surface area contributed by atoms with Gasteiger partial charge in [0.1, 0.15) is 0 Å². The molecule has 0 aliphatic carbocycles. The minimum atomic E-state index is -0.421. The molecule has 0 aromatic carbocycles. The van der Waals surface area contributed by atoms with Gasteiger partial charge < -0.3 is 14.4 Å². The van der Waals surface area contributed by atoms with E-state index >= 15 is 0 Å². The third-order valence-electron chi connectivity index (χ3n) is 2.98. The lowest BCUT2D eigenvalue weighted by Crippen LogP contribution is -2.27. The number of esters is 1. The van der Waals surface area contributed by atoms with Gasteiger partial charge in [-0.1, -0.05) is 6.58 Å². The van der Waals surface area contributed by atoms with Crippen LogP contribution in [0.25, 0.3) is 0 Å². The Balaban J connectivity index is 2.03.